The van der Waals surface area contributed by atoms with E-state index in [1.165, 1.54) is 64.2 Å². The summed E-state index contributed by atoms with van der Waals surface area (Å²) in [5, 5.41) is 0. The van der Waals surface area contributed by atoms with Crippen LogP contribution in [-0.4, -0.2) is 22.5 Å². The van der Waals surface area contributed by atoms with Crippen molar-refractivity contribution in [3.8, 4) is 0 Å². The Balaban J connectivity index is 1.91. The number of nitrogens with zero attached hydrogens (tertiary/aromatic N) is 1. The Morgan fingerprint density at radius 1 is 0.733 bits per heavy atom. The zero-order valence-corrected chi connectivity index (χ0v) is 10.5. The highest BCUT2D eigenvalue weighted by atomic mass is 32.1. The molecule has 0 spiro atoms. The molecule has 2 aliphatic carbocycles. The van der Waals surface area contributed by atoms with Crippen LogP contribution in [0.1, 0.15) is 64.2 Å². The molecular formula is C13H23NS. The predicted octanol–water partition coefficient (Wildman–Crippen LogP) is 3.91. The Labute approximate surface area is 99.2 Å². The fraction of sp³-hybridized carbons (Fsp3) is 0.923. The molecule has 0 amide bonds. The van der Waals surface area contributed by atoms with Gasteiger partial charge in [-0.15, -0.1) is 0 Å². The average Bonchev–Trinajstić information content (AvgIpc) is 2.33. The lowest BCUT2D eigenvalue weighted by Crippen LogP contribution is -2.43. The van der Waals surface area contributed by atoms with Gasteiger partial charge in [0.15, 0.2) is 0 Å². The maximum absolute atomic E-state index is 5.24. The van der Waals surface area contributed by atoms with Gasteiger partial charge in [-0.05, 0) is 25.7 Å². The fourth-order valence-electron chi connectivity index (χ4n) is 3.23. The summed E-state index contributed by atoms with van der Waals surface area (Å²) in [5.74, 6) is 0. The summed E-state index contributed by atoms with van der Waals surface area (Å²) >= 11 is 5.24. The Bertz CT molecular complexity index is 175. The molecule has 0 saturated heterocycles. The van der Waals surface area contributed by atoms with Crippen LogP contribution in [0.15, 0.2) is 0 Å². The molecular weight excluding hydrogens is 202 g/mol. The third kappa shape index (κ3) is 2.93. The van der Waals surface area contributed by atoms with Gasteiger partial charge in [0.1, 0.15) is 0 Å². The standard InChI is InChI=1S/C13H23NS/c15-11-14(12-7-3-1-4-8-12)13-9-5-2-6-10-13/h11-13H,1-10H2. The number of thiocarbonyl (C=S) groups is 1. The molecule has 1 nitrogen and oxygen atoms in total. The normalized spacial score (nSPS) is 25.1. The molecule has 15 heavy (non-hydrogen) atoms. The molecule has 0 aromatic heterocycles. The van der Waals surface area contributed by atoms with E-state index in [-0.39, 0.29) is 0 Å². The van der Waals surface area contributed by atoms with Crippen molar-refractivity contribution in [2.24, 2.45) is 0 Å². The Hall–Kier alpha value is -0.110. The molecule has 0 bridgehead atoms. The summed E-state index contributed by atoms with van der Waals surface area (Å²) in [5.41, 5.74) is 1.96. The Morgan fingerprint density at radius 3 is 1.47 bits per heavy atom. The largest absolute Gasteiger partial charge is 0.363 e. The second-order valence-electron chi connectivity index (χ2n) is 5.14. The van der Waals surface area contributed by atoms with Gasteiger partial charge in [-0.2, -0.15) is 0 Å². The van der Waals surface area contributed by atoms with Crippen LogP contribution < -0.4 is 0 Å². The summed E-state index contributed by atoms with van der Waals surface area (Å²) in [7, 11) is 0. The van der Waals surface area contributed by atoms with Crippen molar-refractivity contribution >= 4 is 17.7 Å². The minimum Gasteiger partial charge on any atom is -0.363 e. The molecule has 0 radical (unpaired) electrons. The molecule has 86 valence electrons. The Morgan fingerprint density at radius 2 is 1.13 bits per heavy atom. The van der Waals surface area contributed by atoms with Crippen LogP contribution in [0.2, 0.25) is 0 Å². The summed E-state index contributed by atoms with van der Waals surface area (Å²) in [6, 6.07) is 1.55. The van der Waals surface area contributed by atoms with Gasteiger partial charge in [-0.25, -0.2) is 0 Å². The van der Waals surface area contributed by atoms with E-state index in [1.54, 1.807) is 0 Å². The van der Waals surface area contributed by atoms with Gasteiger partial charge in [0.25, 0.3) is 0 Å². The van der Waals surface area contributed by atoms with E-state index in [0.29, 0.717) is 0 Å². The zero-order chi connectivity index (χ0) is 10.5. The maximum Gasteiger partial charge on any atom is 0.0645 e. The van der Waals surface area contributed by atoms with Crippen molar-refractivity contribution < 1.29 is 0 Å². The van der Waals surface area contributed by atoms with Crippen LogP contribution in [0.3, 0.4) is 0 Å². The summed E-state index contributed by atoms with van der Waals surface area (Å²) < 4.78 is 0. The fourth-order valence-corrected chi connectivity index (χ4v) is 3.57. The van der Waals surface area contributed by atoms with E-state index < -0.39 is 0 Å². The summed E-state index contributed by atoms with van der Waals surface area (Å²) in [6.07, 6.45) is 14.0. The topological polar surface area (TPSA) is 3.24 Å². The summed E-state index contributed by atoms with van der Waals surface area (Å²) in [6.45, 7) is 0. The van der Waals surface area contributed by atoms with Gasteiger partial charge in [0.05, 0.1) is 5.49 Å². The van der Waals surface area contributed by atoms with Crippen LogP contribution in [-0.2, 0) is 0 Å². The smallest absolute Gasteiger partial charge is 0.0645 e. The van der Waals surface area contributed by atoms with Crippen LogP contribution in [0.4, 0.5) is 0 Å². The van der Waals surface area contributed by atoms with Gasteiger partial charge < -0.3 is 4.90 Å². The second kappa shape index (κ2) is 5.83. The molecule has 2 fully saturated rings. The van der Waals surface area contributed by atoms with Gasteiger partial charge in [0, 0.05) is 12.1 Å². The molecule has 2 rings (SSSR count). The van der Waals surface area contributed by atoms with Crippen molar-refractivity contribution in [1.82, 2.24) is 4.90 Å². The molecule has 0 unspecified atom stereocenters. The molecule has 2 heteroatoms. The number of hydrogen-bond donors (Lipinski definition) is 0. The van der Waals surface area contributed by atoms with Crippen LogP contribution >= 0.6 is 12.2 Å². The minimum atomic E-state index is 0.777. The first-order chi connectivity index (χ1) is 7.42. The molecule has 0 heterocycles. The molecule has 0 aromatic carbocycles. The molecule has 0 aliphatic heterocycles. The first kappa shape index (κ1) is 11.4. The zero-order valence-electron chi connectivity index (χ0n) is 9.66. The quantitative estimate of drug-likeness (QED) is 0.670. The van der Waals surface area contributed by atoms with Gasteiger partial charge in [0.2, 0.25) is 0 Å². The third-order valence-electron chi connectivity index (χ3n) is 4.11. The summed E-state index contributed by atoms with van der Waals surface area (Å²) in [4.78, 5) is 2.54. The highest BCUT2D eigenvalue weighted by molar-refractivity contribution is 7.78. The van der Waals surface area contributed by atoms with E-state index in [0.717, 1.165) is 12.1 Å². The van der Waals surface area contributed by atoms with E-state index in [4.69, 9.17) is 12.2 Å². The Kier molecular flexibility index (Phi) is 4.42. The van der Waals surface area contributed by atoms with Crippen LogP contribution in [0, 0.1) is 0 Å². The lowest BCUT2D eigenvalue weighted by molar-refractivity contribution is 0.166. The highest BCUT2D eigenvalue weighted by Crippen LogP contribution is 2.29. The second-order valence-corrected chi connectivity index (χ2v) is 5.35. The van der Waals surface area contributed by atoms with E-state index in [9.17, 15) is 0 Å². The lowest BCUT2D eigenvalue weighted by atomic mass is 9.89. The number of hydrogen-bond acceptors (Lipinski definition) is 1. The van der Waals surface area contributed by atoms with Gasteiger partial charge >= 0.3 is 0 Å². The molecule has 0 N–H and O–H groups in total. The van der Waals surface area contributed by atoms with Crippen molar-refractivity contribution in [3.63, 3.8) is 0 Å². The molecule has 2 aliphatic rings. The van der Waals surface area contributed by atoms with E-state index in [1.807, 2.05) is 5.49 Å². The first-order valence-electron chi connectivity index (χ1n) is 6.64. The lowest BCUT2D eigenvalue weighted by Gasteiger charge is -2.40. The number of rotatable bonds is 3. The molecule has 2 saturated carbocycles. The van der Waals surface area contributed by atoms with Crippen LogP contribution in [0.25, 0.3) is 0 Å². The van der Waals surface area contributed by atoms with Crippen molar-refractivity contribution in [2.75, 3.05) is 0 Å². The molecule has 0 aromatic rings. The maximum atomic E-state index is 5.24. The highest BCUT2D eigenvalue weighted by Gasteiger charge is 2.26. The third-order valence-corrected chi connectivity index (χ3v) is 4.36. The van der Waals surface area contributed by atoms with Crippen LogP contribution in [0.5, 0.6) is 0 Å². The van der Waals surface area contributed by atoms with Crippen molar-refractivity contribution in [1.29, 1.82) is 0 Å². The van der Waals surface area contributed by atoms with Gasteiger partial charge in [-0.1, -0.05) is 50.7 Å². The SMILES string of the molecule is S=CN(C1CCCCC1)C1CCCCC1. The van der Waals surface area contributed by atoms with Crippen molar-refractivity contribution in [2.45, 2.75) is 76.3 Å². The van der Waals surface area contributed by atoms with Crippen molar-refractivity contribution in [3.05, 3.63) is 0 Å². The molecule has 0 atom stereocenters. The minimum absolute atomic E-state index is 0.777. The predicted molar refractivity (Wildman–Crippen MR) is 69.2 cm³/mol. The monoisotopic (exact) mass is 225 g/mol. The van der Waals surface area contributed by atoms with E-state index in [2.05, 4.69) is 4.90 Å². The average molecular weight is 225 g/mol. The first-order valence-corrected chi connectivity index (χ1v) is 7.11. The van der Waals surface area contributed by atoms with Gasteiger partial charge in [-0.3, -0.25) is 0 Å². The van der Waals surface area contributed by atoms with E-state index >= 15 is 0 Å².